The average molecular weight is 379 g/mol. The number of pyridine rings is 1. The molecule has 0 unspecified atom stereocenters. The highest BCUT2D eigenvalue weighted by molar-refractivity contribution is 5.94. The van der Waals surface area contributed by atoms with Gasteiger partial charge in [0.15, 0.2) is 17.5 Å². The molecule has 0 saturated heterocycles. The number of fused-ring (bicyclic) bond motifs is 1. The van der Waals surface area contributed by atoms with Crippen LogP contribution in [0.1, 0.15) is 22.8 Å². The number of hydrogen-bond acceptors (Lipinski definition) is 3. The molecule has 0 fully saturated rings. The van der Waals surface area contributed by atoms with Crippen LogP contribution in [0.5, 0.6) is 0 Å². The molecule has 0 spiro atoms. The standard InChI is InChI=1S/C19H13F4NO3/c1-3-27-19(26)11-8-24(15-5-4-12(20)9(2)17(15)23)16-7-14(22)13(21)6-10(16)18(11)25/h4-8H,3H2,1-2H3. The first kappa shape index (κ1) is 18.6. The van der Waals surface area contributed by atoms with Crippen LogP contribution in [0.2, 0.25) is 0 Å². The van der Waals surface area contributed by atoms with Gasteiger partial charge in [0.2, 0.25) is 5.43 Å². The summed E-state index contributed by atoms with van der Waals surface area (Å²) in [5.41, 5.74) is -2.11. The van der Waals surface area contributed by atoms with Crippen LogP contribution in [-0.2, 0) is 4.74 Å². The van der Waals surface area contributed by atoms with E-state index in [1.807, 2.05) is 0 Å². The van der Waals surface area contributed by atoms with E-state index in [1.165, 1.54) is 13.8 Å². The van der Waals surface area contributed by atoms with E-state index in [2.05, 4.69) is 0 Å². The molecule has 27 heavy (non-hydrogen) atoms. The number of halogens is 4. The van der Waals surface area contributed by atoms with Crippen molar-refractivity contribution < 1.29 is 27.1 Å². The molecule has 1 heterocycles. The van der Waals surface area contributed by atoms with E-state index >= 15 is 0 Å². The van der Waals surface area contributed by atoms with Gasteiger partial charge in [0.05, 0.1) is 23.2 Å². The Balaban J connectivity index is 2.46. The molecular weight excluding hydrogens is 366 g/mol. The Labute approximate surface area is 150 Å². The molecule has 0 saturated carbocycles. The first-order valence-electron chi connectivity index (χ1n) is 7.92. The van der Waals surface area contributed by atoms with Gasteiger partial charge in [0, 0.05) is 17.8 Å². The van der Waals surface area contributed by atoms with Gasteiger partial charge in [0.25, 0.3) is 0 Å². The number of carbonyl (C=O) groups excluding carboxylic acids is 1. The number of hydrogen-bond donors (Lipinski definition) is 0. The van der Waals surface area contributed by atoms with E-state index in [0.717, 1.165) is 22.9 Å². The van der Waals surface area contributed by atoms with Gasteiger partial charge in [0.1, 0.15) is 11.4 Å². The second-order valence-electron chi connectivity index (χ2n) is 5.75. The molecule has 1 aromatic heterocycles. The van der Waals surface area contributed by atoms with Gasteiger partial charge >= 0.3 is 5.97 Å². The summed E-state index contributed by atoms with van der Waals surface area (Å²) < 4.78 is 61.4. The van der Waals surface area contributed by atoms with Crippen molar-refractivity contribution in [2.75, 3.05) is 6.61 Å². The summed E-state index contributed by atoms with van der Waals surface area (Å²) in [7, 11) is 0. The van der Waals surface area contributed by atoms with E-state index in [9.17, 15) is 27.2 Å². The van der Waals surface area contributed by atoms with E-state index in [-0.39, 0.29) is 28.8 Å². The average Bonchev–Trinajstić information content (AvgIpc) is 2.63. The lowest BCUT2D eigenvalue weighted by molar-refractivity contribution is 0.0524. The highest BCUT2D eigenvalue weighted by Crippen LogP contribution is 2.25. The fourth-order valence-electron chi connectivity index (χ4n) is 2.71. The summed E-state index contributed by atoms with van der Waals surface area (Å²) in [6.07, 6.45) is 0.968. The molecule has 0 aliphatic carbocycles. The molecule has 140 valence electrons. The molecule has 0 bridgehead atoms. The fourth-order valence-corrected chi connectivity index (χ4v) is 2.71. The topological polar surface area (TPSA) is 48.3 Å². The summed E-state index contributed by atoms with van der Waals surface area (Å²) in [4.78, 5) is 24.6. The number of ether oxygens (including phenoxy) is 1. The number of nitrogens with zero attached hydrogens (tertiary/aromatic N) is 1. The van der Waals surface area contributed by atoms with Gasteiger partial charge in [-0.2, -0.15) is 0 Å². The van der Waals surface area contributed by atoms with Gasteiger partial charge in [-0.3, -0.25) is 4.79 Å². The van der Waals surface area contributed by atoms with Crippen molar-refractivity contribution in [3.05, 3.63) is 75.1 Å². The minimum Gasteiger partial charge on any atom is -0.462 e. The number of carbonyl (C=O) groups is 1. The first-order valence-corrected chi connectivity index (χ1v) is 7.92. The number of esters is 1. The molecule has 0 aliphatic rings. The smallest absolute Gasteiger partial charge is 0.343 e. The van der Waals surface area contributed by atoms with Crippen molar-refractivity contribution in [1.82, 2.24) is 4.57 Å². The summed E-state index contributed by atoms with van der Waals surface area (Å²) >= 11 is 0. The van der Waals surface area contributed by atoms with E-state index in [1.54, 1.807) is 0 Å². The third kappa shape index (κ3) is 3.07. The molecule has 3 aromatic rings. The Bertz CT molecular complexity index is 1140. The molecule has 0 aliphatic heterocycles. The number of rotatable bonds is 3. The maximum Gasteiger partial charge on any atom is 0.343 e. The normalized spacial score (nSPS) is 11.0. The largest absolute Gasteiger partial charge is 0.462 e. The summed E-state index contributed by atoms with van der Waals surface area (Å²) in [5, 5.41) is -0.346. The van der Waals surface area contributed by atoms with Crippen molar-refractivity contribution in [1.29, 1.82) is 0 Å². The maximum atomic E-state index is 14.6. The lowest BCUT2D eigenvalue weighted by Crippen LogP contribution is -2.21. The van der Waals surface area contributed by atoms with Crippen molar-refractivity contribution >= 4 is 16.9 Å². The van der Waals surface area contributed by atoms with Gasteiger partial charge < -0.3 is 9.30 Å². The van der Waals surface area contributed by atoms with Crippen molar-refractivity contribution in [2.45, 2.75) is 13.8 Å². The van der Waals surface area contributed by atoms with Crippen LogP contribution < -0.4 is 5.43 Å². The highest BCUT2D eigenvalue weighted by atomic mass is 19.2. The molecule has 0 radical (unpaired) electrons. The SMILES string of the molecule is CCOC(=O)c1cn(-c2ccc(F)c(C)c2F)c2cc(F)c(F)cc2c1=O. The summed E-state index contributed by atoms with van der Waals surface area (Å²) in [6, 6.07) is 3.39. The Morgan fingerprint density at radius 2 is 1.74 bits per heavy atom. The van der Waals surface area contributed by atoms with Crippen LogP contribution in [0, 0.1) is 30.2 Å². The molecule has 0 amide bonds. The molecule has 0 atom stereocenters. The molecule has 8 heteroatoms. The third-order valence-corrected chi connectivity index (χ3v) is 4.10. The van der Waals surface area contributed by atoms with Gasteiger partial charge in [-0.1, -0.05) is 0 Å². The van der Waals surface area contributed by atoms with E-state index in [0.29, 0.717) is 12.1 Å². The molecule has 2 aromatic carbocycles. The molecule has 4 nitrogen and oxygen atoms in total. The Morgan fingerprint density at radius 3 is 2.41 bits per heavy atom. The van der Waals surface area contributed by atoms with Crippen molar-refractivity contribution in [3.8, 4) is 5.69 Å². The molecule has 0 N–H and O–H groups in total. The van der Waals surface area contributed by atoms with Crippen LogP contribution in [-0.4, -0.2) is 17.1 Å². The minimum atomic E-state index is -1.30. The monoisotopic (exact) mass is 379 g/mol. The Hall–Kier alpha value is -3.16. The predicted octanol–water partition coefficient (Wildman–Crippen LogP) is 4.03. The van der Waals surface area contributed by atoms with Crippen molar-refractivity contribution in [3.63, 3.8) is 0 Å². The number of benzene rings is 2. The lowest BCUT2D eigenvalue weighted by Gasteiger charge is -2.15. The number of aromatic nitrogens is 1. The van der Waals surface area contributed by atoms with Gasteiger partial charge in [-0.25, -0.2) is 22.4 Å². The van der Waals surface area contributed by atoms with Crippen LogP contribution in [0.25, 0.3) is 16.6 Å². The minimum absolute atomic E-state index is 0.0297. The van der Waals surface area contributed by atoms with Crippen LogP contribution in [0.3, 0.4) is 0 Å². The zero-order valence-corrected chi connectivity index (χ0v) is 14.3. The van der Waals surface area contributed by atoms with E-state index < -0.39 is 40.2 Å². The summed E-state index contributed by atoms with van der Waals surface area (Å²) in [5.74, 6) is -5.34. The molecule has 3 rings (SSSR count). The Morgan fingerprint density at radius 1 is 1.07 bits per heavy atom. The first-order chi connectivity index (χ1) is 12.8. The van der Waals surface area contributed by atoms with Crippen LogP contribution >= 0.6 is 0 Å². The summed E-state index contributed by atoms with van der Waals surface area (Å²) in [6.45, 7) is 2.69. The maximum absolute atomic E-state index is 14.6. The van der Waals surface area contributed by atoms with E-state index in [4.69, 9.17) is 4.74 Å². The van der Waals surface area contributed by atoms with Gasteiger partial charge in [-0.15, -0.1) is 0 Å². The third-order valence-electron chi connectivity index (χ3n) is 4.10. The molecular formula is C19H13F4NO3. The fraction of sp³-hybridized carbons (Fsp3) is 0.158. The predicted molar refractivity (Wildman–Crippen MR) is 90.1 cm³/mol. The van der Waals surface area contributed by atoms with Crippen LogP contribution in [0.15, 0.2) is 35.3 Å². The quantitative estimate of drug-likeness (QED) is 0.510. The second kappa shape index (κ2) is 6.86. The van der Waals surface area contributed by atoms with Gasteiger partial charge in [-0.05, 0) is 32.0 Å². The zero-order chi connectivity index (χ0) is 19.9. The Kier molecular flexibility index (Phi) is 4.73. The highest BCUT2D eigenvalue weighted by Gasteiger charge is 2.21. The second-order valence-corrected chi connectivity index (χ2v) is 5.75. The lowest BCUT2D eigenvalue weighted by atomic mass is 10.1. The van der Waals surface area contributed by atoms with Crippen molar-refractivity contribution in [2.24, 2.45) is 0 Å². The van der Waals surface area contributed by atoms with Crippen LogP contribution in [0.4, 0.5) is 17.6 Å². The zero-order valence-electron chi connectivity index (χ0n) is 14.3.